The molecular formula is C16H21N3O3. The van der Waals surface area contributed by atoms with Gasteiger partial charge in [-0.05, 0) is 44.0 Å². The van der Waals surface area contributed by atoms with Crippen LogP contribution in [0.2, 0.25) is 0 Å². The van der Waals surface area contributed by atoms with Crippen molar-refractivity contribution >= 4 is 5.91 Å². The van der Waals surface area contributed by atoms with Crippen molar-refractivity contribution in [3.63, 3.8) is 0 Å². The molecule has 1 saturated heterocycles. The number of aliphatic hydroxyl groups is 1. The van der Waals surface area contributed by atoms with E-state index < -0.39 is 12.0 Å². The second-order valence-corrected chi connectivity index (χ2v) is 5.48. The van der Waals surface area contributed by atoms with Crippen LogP contribution in [0, 0.1) is 17.2 Å². The van der Waals surface area contributed by atoms with Crippen LogP contribution in [0.25, 0.3) is 0 Å². The van der Waals surface area contributed by atoms with Crippen LogP contribution < -0.4 is 10.5 Å². The Bertz CT molecular complexity index is 548. The number of rotatable bonds is 6. The maximum Gasteiger partial charge on any atom is 0.246 e. The summed E-state index contributed by atoms with van der Waals surface area (Å²) in [5.41, 5.74) is 5.66. The zero-order valence-electron chi connectivity index (χ0n) is 12.4. The number of nitrogens with zero attached hydrogens (tertiary/aromatic N) is 2. The summed E-state index contributed by atoms with van der Waals surface area (Å²) < 4.78 is 5.66. The highest BCUT2D eigenvalue weighted by atomic mass is 16.5. The monoisotopic (exact) mass is 303 g/mol. The second kappa shape index (κ2) is 7.78. The molecule has 3 N–H and O–H groups in total. The minimum Gasteiger partial charge on any atom is -0.491 e. The van der Waals surface area contributed by atoms with Gasteiger partial charge in [0.2, 0.25) is 5.91 Å². The summed E-state index contributed by atoms with van der Waals surface area (Å²) in [4.78, 5) is 13.2. The summed E-state index contributed by atoms with van der Waals surface area (Å²) in [6.07, 6.45) is 0.457. The predicted molar refractivity (Wildman–Crippen MR) is 81.0 cm³/mol. The highest BCUT2D eigenvalue weighted by Crippen LogP contribution is 2.21. The van der Waals surface area contributed by atoms with Crippen LogP contribution in [0.4, 0.5) is 0 Å². The number of nitrogens with two attached hydrogens (primary N) is 1. The lowest BCUT2D eigenvalue weighted by molar-refractivity contribution is -0.129. The van der Waals surface area contributed by atoms with Crippen LogP contribution in [0.1, 0.15) is 18.4 Å². The quantitative estimate of drug-likeness (QED) is 0.797. The summed E-state index contributed by atoms with van der Waals surface area (Å²) in [6.45, 7) is 2.86. The summed E-state index contributed by atoms with van der Waals surface area (Å²) >= 11 is 0. The van der Waals surface area contributed by atoms with Gasteiger partial charge >= 0.3 is 0 Å². The van der Waals surface area contributed by atoms with Crippen molar-refractivity contribution in [1.29, 1.82) is 5.26 Å². The maximum atomic E-state index is 11.0. The molecule has 1 aromatic rings. The van der Waals surface area contributed by atoms with Gasteiger partial charge in [0.15, 0.2) is 0 Å². The highest BCUT2D eigenvalue weighted by Gasteiger charge is 2.28. The number of benzene rings is 1. The number of hydrogen-bond donors (Lipinski definition) is 2. The standard InChI is InChI=1S/C16H21N3O3/c17-11-13-3-1-2-4-14(13)22-10-9-19-7-5-12(6-8-19)15(20)16(18)21/h1-4,12,15,20H,5-10H2,(H2,18,21)/t15-/m1/s1. The third-order valence-electron chi connectivity index (χ3n) is 4.04. The van der Waals surface area contributed by atoms with Gasteiger partial charge in [0, 0.05) is 6.54 Å². The molecule has 0 bridgehead atoms. The van der Waals surface area contributed by atoms with E-state index >= 15 is 0 Å². The molecule has 118 valence electrons. The van der Waals surface area contributed by atoms with E-state index in [-0.39, 0.29) is 5.92 Å². The van der Waals surface area contributed by atoms with Crippen molar-refractivity contribution in [2.45, 2.75) is 18.9 Å². The van der Waals surface area contributed by atoms with Gasteiger partial charge in [-0.25, -0.2) is 0 Å². The number of primary amides is 1. The van der Waals surface area contributed by atoms with Crippen molar-refractivity contribution in [2.75, 3.05) is 26.2 Å². The van der Waals surface area contributed by atoms with Crippen molar-refractivity contribution in [2.24, 2.45) is 11.7 Å². The number of carbonyl (C=O) groups excluding carboxylic acids is 1. The third-order valence-corrected chi connectivity index (χ3v) is 4.04. The van der Waals surface area contributed by atoms with Gasteiger partial charge in [0.05, 0.1) is 5.56 Å². The molecule has 2 rings (SSSR count). The van der Waals surface area contributed by atoms with Gasteiger partial charge in [-0.2, -0.15) is 5.26 Å². The van der Waals surface area contributed by atoms with E-state index in [1.165, 1.54) is 0 Å². The molecule has 1 aromatic carbocycles. The van der Waals surface area contributed by atoms with Gasteiger partial charge < -0.3 is 15.6 Å². The molecule has 1 atom stereocenters. The number of amides is 1. The van der Waals surface area contributed by atoms with E-state index in [4.69, 9.17) is 15.7 Å². The van der Waals surface area contributed by atoms with Gasteiger partial charge in [-0.3, -0.25) is 9.69 Å². The Kier molecular flexibility index (Phi) is 5.75. The van der Waals surface area contributed by atoms with Gasteiger partial charge in [0.25, 0.3) is 0 Å². The number of carbonyl (C=O) groups is 1. The van der Waals surface area contributed by atoms with E-state index in [1.54, 1.807) is 18.2 Å². The van der Waals surface area contributed by atoms with Crippen molar-refractivity contribution in [1.82, 2.24) is 4.90 Å². The molecule has 22 heavy (non-hydrogen) atoms. The highest BCUT2D eigenvalue weighted by molar-refractivity contribution is 5.78. The van der Waals surface area contributed by atoms with Crippen LogP contribution in [0.15, 0.2) is 24.3 Å². The lowest BCUT2D eigenvalue weighted by Gasteiger charge is -2.33. The molecule has 0 radical (unpaired) electrons. The molecule has 1 heterocycles. The van der Waals surface area contributed by atoms with Gasteiger partial charge in [-0.1, -0.05) is 12.1 Å². The van der Waals surface area contributed by atoms with Crippen LogP contribution in [-0.4, -0.2) is 48.3 Å². The molecule has 1 aliphatic rings. The third kappa shape index (κ3) is 4.20. The number of para-hydroxylation sites is 1. The minimum absolute atomic E-state index is 0.0472. The maximum absolute atomic E-state index is 11.0. The molecule has 0 aromatic heterocycles. The van der Waals surface area contributed by atoms with Crippen molar-refractivity contribution in [3.8, 4) is 11.8 Å². The molecule has 6 heteroatoms. The van der Waals surface area contributed by atoms with Gasteiger partial charge in [0.1, 0.15) is 24.5 Å². The first-order valence-electron chi connectivity index (χ1n) is 7.43. The van der Waals surface area contributed by atoms with Crippen LogP contribution in [0.5, 0.6) is 5.75 Å². The van der Waals surface area contributed by atoms with Crippen LogP contribution >= 0.6 is 0 Å². The lowest BCUT2D eigenvalue weighted by atomic mass is 9.91. The largest absolute Gasteiger partial charge is 0.491 e. The first-order chi connectivity index (χ1) is 10.6. The van der Waals surface area contributed by atoms with E-state index in [2.05, 4.69) is 11.0 Å². The summed E-state index contributed by atoms with van der Waals surface area (Å²) in [5.74, 6) is -0.0899. The summed E-state index contributed by atoms with van der Waals surface area (Å²) in [5, 5.41) is 18.7. The number of piperidine rings is 1. The first-order valence-corrected chi connectivity index (χ1v) is 7.43. The molecule has 0 saturated carbocycles. The second-order valence-electron chi connectivity index (χ2n) is 5.48. The Hall–Kier alpha value is -2.10. The predicted octanol–water partition coefficient (Wildman–Crippen LogP) is 0.495. The summed E-state index contributed by atoms with van der Waals surface area (Å²) in [7, 11) is 0. The topological polar surface area (TPSA) is 99.6 Å². The number of ether oxygens (including phenoxy) is 1. The average Bonchev–Trinajstić information content (AvgIpc) is 2.55. The number of likely N-dealkylation sites (tertiary alicyclic amines) is 1. The number of nitriles is 1. The van der Waals surface area contributed by atoms with Crippen LogP contribution in [-0.2, 0) is 4.79 Å². The Balaban J connectivity index is 1.73. The van der Waals surface area contributed by atoms with E-state index in [9.17, 15) is 9.90 Å². The molecular weight excluding hydrogens is 282 g/mol. The first kappa shape index (κ1) is 16.3. The Morgan fingerprint density at radius 1 is 1.45 bits per heavy atom. The Morgan fingerprint density at radius 3 is 2.77 bits per heavy atom. The Morgan fingerprint density at radius 2 is 2.14 bits per heavy atom. The molecule has 1 amide bonds. The van der Waals surface area contributed by atoms with Crippen molar-refractivity contribution in [3.05, 3.63) is 29.8 Å². The van der Waals surface area contributed by atoms with E-state index in [0.29, 0.717) is 17.9 Å². The fourth-order valence-electron chi connectivity index (χ4n) is 2.69. The average molecular weight is 303 g/mol. The number of hydrogen-bond acceptors (Lipinski definition) is 5. The molecule has 0 unspecified atom stereocenters. The molecule has 1 aliphatic heterocycles. The van der Waals surface area contributed by atoms with E-state index in [1.807, 2.05) is 6.07 Å². The van der Waals surface area contributed by atoms with E-state index in [0.717, 1.165) is 32.5 Å². The molecule has 6 nitrogen and oxygen atoms in total. The zero-order chi connectivity index (χ0) is 15.9. The van der Waals surface area contributed by atoms with Gasteiger partial charge in [-0.15, -0.1) is 0 Å². The molecule has 1 fully saturated rings. The van der Waals surface area contributed by atoms with Crippen molar-refractivity contribution < 1.29 is 14.6 Å². The minimum atomic E-state index is -1.04. The molecule has 0 spiro atoms. The zero-order valence-corrected chi connectivity index (χ0v) is 12.4. The smallest absolute Gasteiger partial charge is 0.246 e. The van der Waals surface area contributed by atoms with Crippen LogP contribution in [0.3, 0.4) is 0 Å². The Labute approximate surface area is 130 Å². The molecule has 0 aliphatic carbocycles. The SMILES string of the molecule is N#Cc1ccccc1OCCN1CCC([C@@H](O)C(N)=O)CC1. The fraction of sp³-hybridized carbons (Fsp3) is 0.500. The summed E-state index contributed by atoms with van der Waals surface area (Å²) in [6, 6.07) is 9.26. The number of aliphatic hydroxyl groups excluding tert-OH is 1. The normalized spacial score (nSPS) is 17.6. The lowest BCUT2D eigenvalue weighted by Crippen LogP contribution is -2.43. The fourth-order valence-corrected chi connectivity index (χ4v) is 2.69.